The largest absolute Gasteiger partial charge is 0.465 e. The maximum Gasteiger partial charge on any atom is 0.416 e. The van der Waals surface area contributed by atoms with Crippen molar-refractivity contribution in [3.05, 3.63) is 53.2 Å². The Labute approximate surface area is 107 Å². The number of hydrogen-bond acceptors (Lipinski definition) is 2. The molecular formula is C13H11F4NO. The van der Waals surface area contributed by atoms with Gasteiger partial charge < -0.3 is 9.73 Å². The summed E-state index contributed by atoms with van der Waals surface area (Å²) in [5.41, 5.74) is -1.10. The fraction of sp³-hybridized carbons (Fsp3) is 0.231. The number of anilines is 1. The van der Waals surface area contributed by atoms with E-state index in [9.17, 15) is 17.6 Å². The zero-order chi connectivity index (χ0) is 14.0. The van der Waals surface area contributed by atoms with E-state index in [1.54, 1.807) is 19.1 Å². The van der Waals surface area contributed by atoms with Gasteiger partial charge in [-0.05, 0) is 37.3 Å². The normalized spacial score (nSPS) is 11.6. The number of halogens is 4. The molecule has 1 aromatic carbocycles. The van der Waals surface area contributed by atoms with E-state index in [-0.39, 0.29) is 12.2 Å². The van der Waals surface area contributed by atoms with E-state index in [0.717, 1.165) is 12.1 Å². The highest BCUT2D eigenvalue weighted by Crippen LogP contribution is 2.31. The third kappa shape index (κ3) is 3.27. The molecule has 0 aliphatic heterocycles. The Morgan fingerprint density at radius 2 is 1.89 bits per heavy atom. The predicted octanol–water partition coefficient (Wildman–Crippen LogP) is 4.36. The van der Waals surface area contributed by atoms with Crippen LogP contribution in [0.3, 0.4) is 0 Å². The zero-order valence-electron chi connectivity index (χ0n) is 10.0. The molecule has 0 atom stereocenters. The van der Waals surface area contributed by atoms with Crippen LogP contribution in [0.1, 0.15) is 17.1 Å². The van der Waals surface area contributed by atoms with Crippen molar-refractivity contribution >= 4 is 5.69 Å². The molecule has 6 heteroatoms. The lowest BCUT2D eigenvalue weighted by molar-refractivity contribution is -0.137. The van der Waals surface area contributed by atoms with Crippen LogP contribution in [-0.2, 0) is 12.7 Å². The molecule has 1 heterocycles. The molecule has 19 heavy (non-hydrogen) atoms. The van der Waals surface area contributed by atoms with E-state index < -0.39 is 17.6 Å². The van der Waals surface area contributed by atoms with Crippen LogP contribution >= 0.6 is 0 Å². The molecule has 0 fully saturated rings. The average Bonchev–Trinajstić information content (AvgIpc) is 2.72. The molecule has 1 N–H and O–H groups in total. The molecule has 2 aromatic rings. The van der Waals surface area contributed by atoms with E-state index in [1.165, 1.54) is 0 Å². The van der Waals surface area contributed by atoms with Gasteiger partial charge in [-0.1, -0.05) is 0 Å². The van der Waals surface area contributed by atoms with Crippen molar-refractivity contribution in [2.45, 2.75) is 19.6 Å². The summed E-state index contributed by atoms with van der Waals surface area (Å²) in [5, 5.41) is 2.59. The van der Waals surface area contributed by atoms with E-state index in [4.69, 9.17) is 4.42 Å². The number of benzene rings is 1. The smallest absolute Gasteiger partial charge is 0.416 e. The predicted molar refractivity (Wildman–Crippen MR) is 62.2 cm³/mol. The summed E-state index contributed by atoms with van der Waals surface area (Å²) in [7, 11) is 0. The van der Waals surface area contributed by atoms with Crippen molar-refractivity contribution in [3.63, 3.8) is 0 Å². The molecular weight excluding hydrogens is 262 g/mol. The molecule has 2 rings (SSSR count). The van der Waals surface area contributed by atoms with Crippen molar-refractivity contribution in [1.82, 2.24) is 0 Å². The lowest BCUT2D eigenvalue weighted by Gasteiger charge is -2.10. The van der Waals surface area contributed by atoms with Crippen LogP contribution in [0.2, 0.25) is 0 Å². The molecule has 0 saturated heterocycles. The Morgan fingerprint density at radius 3 is 2.47 bits per heavy atom. The molecule has 0 radical (unpaired) electrons. The van der Waals surface area contributed by atoms with E-state index in [0.29, 0.717) is 17.6 Å². The van der Waals surface area contributed by atoms with E-state index >= 15 is 0 Å². The van der Waals surface area contributed by atoms with Crippen molar-refractivity contribution in [2.75, 3.05) is 5.32 Å². The Kier molecular flexibility index (Phi) is 3.50. The number of rotatable bonds is 3. The van der Waals surface area contributed by atoms with Crippen molar-refractivity contribution in [3.8, 4) is 0 Å². The number of alkyl halides is 3. The minimum Gasteiger partial charge on any atom is -0.465 e. The summed E-state index contributed by atoms with van der Waals surface area (Å²) < 4.78 is 56.1. The lowest BCUT2D eigenvalue weighted by Crippen LogP contribution is -2.07. The highest BCUT2D eigenvalue weighted by atomic mass is 19.4. The summed E-state index contributed by atoms with van der Waals surface area (Å²) in [5.74, 6) is 0.465. The van der Waals surface area contributed by atoms with Crippen LogP contribution in [0.25, 0.3) is 0 Å². The molecule has 0 saturated carbocycles. The van der Waals surface area contributed by atoms with Crippen LogP contribution in [0.4, 0.5) is 23.2 Å². The van der Waals surface area contributed by atoms with Crippen LogP contribution in [0.5, 0.6) is 0 Å². The van der Waals surface area contributed by atoms with Crippen molar-refractivity contribution in [2.24, 2.45) is 0 Å². The maximum absolute atomic E-state index is 13.4. The van der Waals surface area contributed by atoms with Crippen LogP contribution in [0.15, 0.2) is 34.7 Å². The highest BCUT2D eigenvalue weighted by molar-refractivity contribution is 5.48. The molecule has 0 spiro atoms. The summed E-state index contributed by atoms with van der Waals surface area (Å²) in [4.78, 5) is 0. The molecule has 0 bridgehead atoms. The first kappa shape index (κ1) is 13.5. The van der Waals surface area contributed by atoms with Crippen LogP contribution < -0.4 is 5.32 Å². The molecule has 2 nitrogen and oxygen atoms in total. The first-order chi connectivity index (χ1) is 8.86. The summed E-state index contributed by atoms with van der Waals surface area (Å²) in [6.07, 6.45) is -4.49. The topological polar surface area (TPSA) is 25.2 Å². The van der Waals surface area contributed by atoms with Crippen molar-refractivity contribution in [1.29, 1.82) is 0 Å². The molecule has 102 valence electrons. The van der Waals surface area contributed by atoms with Gasteiger partial charge in [0, 0.05) is 0 Å². The average molecular weight is 273 g/mol. The zero-order valence-corrected chi connectivity index (χ0v) is 10.0. The number of hydrogen-bond donors (Lipinski definition) is 1. The Morgan fingerprint density at radius 1 is 1.16 bits per heavy atom. The quantitative estimate of drug-likeness (QED) is 0.841. The highest BCUT2D eigenvalue weighted by Gasteiger charge is 2.31. The van der Waals surface area contributed by atoms with Gasteiger partial charge in [0.2, 0.25) is 0 Å². The van der Waals surface area contributed by atoms with Gasteiger partial charge in [0.15, 0.2) is 0 Å². The number of nitrogens with one attached hydrogen (secondary N) is 1. The second kappa shape index (κ2) is 4.95. The third-order valence-corrected chi connectivity index (χ3v) is 2.54. The molecule has 0 aliphatic carbocycles. The van der Waals surface area contributed by atoms with Gasteiger partial charge in [0.1, 0.15) is 17.3 Å². The second-order valence-electron chi connectivity index (χ2n) is 4.06. The minimum atomic E-state index is -4.49. The van der Waals surface area contributed by atoms with Crippen LogP contribution in [0, 0.1) is 12.7 Å². The van der Waals surface area contributed by atoms with Gasteiger partial charge >= 0.3 is 6.18 Å². The fourth-order valence-corrected chi connectivity index (χ4v) is 1.60. The number of aryl methyl sites for hydroxylation is 1. The standard InChI is InChI=1S/C13H11F4NO/c1-8-2-4-10(19-8)7-18-12-6-9(13(15,16)17)3-5-11(12)14/h2-6,18H,7H2,1H3. The summed E-state index contributed by atoms with van der Waals surface area (Å²) in [6.45, 7) is 1.86. The molecule has 0 unspecified atom stereocenters. The monoisotopic (exact) mass is 273 g/mol. The minimum absolute atomic E-state index is 0.117. The lowest BCUT2D eigenvalue weighted by atomic mass is 10.2. The molecule has 0 aliphatic rings. The first-order valence-electron chi connectivity index (χ1n) is 5.52. The second-order valence-corrected chi connectivity index (χ2v) is 4.06. The van der Waals surface area contributed by atoms with Gasteiger partial charge in [0.05, 0.1) is 17.8 Å². The van der Waals surface area contributed by atoms with Gasteiger partial charge in [-0.15, -0.1) is 0 Å². The van der Waals surface area contributed by atoms with Gasteiger partial charge in [0.25, 0.3) is 0 Å². The Balaban J connectivity index is 2.15. The third-order valence-electron chi connectivity index (χ3n) is 2.54. The van der Waals surface area contributed by atoms with Gasteiger partial charge in [-0.25, -0.2) is 4.39 Å². The van der Waals surface area contributed by atoms with E-state index in [1.807, 2.05) is 0 Å². The molecule has 0 amide bonds. The Bertz CT molecular complexity index is 574. The van der Waals surface area contributed by atoms with E-state index in [2.05, 4.69) is 5.32 Å². The SMILES string of the molecule is Cc1ccc(CNc2cc(C(F)(F)F)ccc2F)o1. The van der Waals surface area contributed by atoms with Crippen molar-refractivity contribution < 1.29 is 22.0 Å². The fourth-order valence-electron chi connectivity index (χ4n) is 1.60. The first-order valence-corrected chi connectivity index (χ1v) is 5.52. The summed E-state index contributed by atoms with van der Waals surface area (Å²) >= 11 is 0. The Hall–Kier alpha value is -1.98. The maximum atomic E-state index is 13.4. The molecule has 1 aromatic heterocycles. The summed E-state index contributed by atoms with van der Waals surface area (Å²) in [6, 6.07) is 5.63. The number of furan rings is 1. The van der Waals surface area contributed by atoms with Gasteiger partial charge in [-0.3, -0.25) is 0 Å². The van der Waals surface area contributed by atoms with Gasteiger partial charge in [-0.2, -0.15) is 13.2 Å². The van der Waals surface area contributed by atoms with Crippen LogP contribution in [-0.4, -0.2) is 0 Å².